The summed E-state index contributed by atoms with van der Waals surface area (Å²) < 4.78 is 25.0. The standard InChI is InChI=1S/C20H24N8O4S/c1-30-14-3-4-16(31-2)15(11-14)24-20(29)28-9-7-27(8-10-28)17-18(26-33-25-17)32-12-13-5-6-22-19(21)23-13/h3-6,11H,7-10,12H2,1-2H3,(H,24,29)(H2,21,22,23). The molecule has 3 heterocycles. The number of carbonyl (C=O) groups is 1. The quantitative estimate of drug-likeness (QED) is 0.523. The molecule has 1 fully saturated rings. The number of methoxy groups -OCH3 is 2. The number of nitrogens with two attached hydrogens (primary N) is 1. The maximum absolute atomic E-state index is 12.8. The molecule has 174 valence electrons. The molecule has 2 aromatic heterocycles. The molecule has 1 aliphatic rings. The maximum Gasteiger partial charge on any atom is 0.322 e. The summed E-state index contributed by atoms with van der Waals surface area (Å²) in [4.78, 5) is 24.6. The van der Waals surface area contributed by atoms with Gasteiger partial charge in [-0.2, -0.15) is 4.37 Å². The molecule has 2 amide bonds. The molecule has 1 saturated heterocycles. The average Bonchev–Trinajstić information content (AvgIpc) is 3.31. The Labute approximate surface area is 194 Å². The van der Waals surface area contributed by atoms with Crippen LogP contribution in [0.15, 0.2) is 30.5 Å². The van der Waals surface area contributed by atoms with Gasteiger partial charge in [0.05, 0.1) is 37.3 Å². The predicted molar refractivity (Wildman–Crippen MR) is 123 cm³/mol. The Morgan fingerprint density at radius 1 is 1.15 bits per heavy atom. The highest BCUT2D eigenvalue weighted by atomic mass is 32.1. The molecule has 0 bridgehead atoms. The van der Waals surface area contributed by atoms with Gasteiger partial charge in [-0.15, -0.1) is 4.37 Å². The van der Waals surface area contributed by atoms with E-state index in [1.165, 1.54) is 0 Å². The summed E-state index contributed by atoms with van der Waals surface area (Å²) in [5, 5.41) is 2.90. The second-order valence-electron chi connectivity index (χ2n) is 7.06. The summed E-state index contributed by atoms with van der Waals surface area (Å²) >= 11 is 1.07. The minimum Gasteiger partial charge on any atom is -0.497 e. The molecule has 33 heavy (non-hydrogen) atoms. The van der Waals surface area contributed by atoms with Gasteiger partial charge in [-0.3, -0.25) is 0 Å². The molecule has 1 aromatic carbocycles. The van der Waals surface area contributed by atoms with E-state index >= 15 is 0 Å². The van der Waals surface area contributed by atoms with Crippen LogP contribution in [0.2, 0.25) is 0 Å². The Morgan fingerprint density at radius 3 is 2.70 bits per heavy atom. The smallest absolute Gasteiger partial charge is 0.322 e. The van der Waals surface area contributed by atoms with E-state index in [9.17, 15) is 4.79 Å². The number of benzene rings is 1. The number of nitrogens with one attached hydrogen (secondary N) is 1. The van der Waals surface area contributed by atoms with Crippen molar-refractivity contribution in [3.8, 4) is 17.4 Å². The highest BCUT2D eigenvalue weighted by Gasteiger charge is 2.26. The first-order chi connectivity index (χ1) is 16.1. The number of hydrogen-bond donors (Lipinski definition) is 2. The van der Waals surface area contributed by atoms with Gasteiger partial charge in [-0.05, 0) is 18.2 Å². The van der Waals surface area contributed by atoms with E-state index in [4.69, 9.17) is 19.9 Å². The summed E-state index contributed by atoms with van der Waals surface area (Å²) in [7, 11) is 3.12. The maximum atomic E-state index is 12.8. The zero-order valence-corrected chi connectivity index (χ0v) is 19.0. The third kappa shape index (κ3) is 5.31. The predicted octanol–water partition coefficient (Wildman–Crippen LogP) is 1.86. The van der Waals surface area contributed by atoms with Crippen molar-refractivity contribution in [1.82, 2.24) is 23.6 Å². The van der Waals surface area contributed by atoms with Crippen LogP contribution in [0.5, 0.6) is 17.4 Å². The van der Waals surface area contributed by atoms with Crippen LogP contribution in [-0.2, 0) is 6.61 Å². The fraction of sp³-hybridized carbons (Fsp3) is 0.350. The molecule has 1 aliphatic heterocycles. The lowest BCUT2D eigenvalue weighted by atomic mass is 10.2. The van der Waals surface area contributed by atoms with Gasteiger partial charge in [0.1, 0.15) is 18.1 Å². The van der Waals surface area contributed by atoms with Crippen LogP contribution >= 0.6 is 11.7 Å². The first-order valence-electron chi connectivity index (χ1n) is 10.1. The van der Waals surface area contributed by atoms with Gasteiger partial charge in [-0.25, -0.2) is 14.8 Å². The summed E-state index contributed by atoms with van der Waals surface area (Å²) in [5.74, 6) is 2.45. The normalized spacial score (nSPS) is 13.5. The van der Waals surface area contributed by atoms with E-state index in [1.54, 1.807) is 49.6 Å². The minimum absolute atomic E-state index is 0.189. The number of carbonyl (C=O) groups excluding carboxylic acids is 1. The number of nitrogens with zero attached hydrogens (tertiary/aromatic N) is 6. The molecule has 0 atom stereocenters. The van der Waals surface area contributed by atoms with Crippen molar-refractivity contribution in [3.05, 3.63) is 36.2 Å². The van der Waals surface area contributed by atoms with Gasteiger partial charge >= 0.3 is 6.03 Å². The van der Waals surface area contributed by atoms with Crippen molar-refractivity contribution in [3.63, 3.8) is 0 Å². The summed E-state index contributed by atoms with van der Waals surface area (Å²) in [5.41, 5.74) is 6.81. The lowest BCUT2D eigenvalue weighted by molar-refractivity contribution is 0.207. The lowest BCUT2D eigenvalue weighted by Gasteiger charge is -2.34. The van der Waals surface area contributed by atoms with Crippen molar-refractivity contribution >= 4 is 35.2 Å². The number of piperazine rings is 1. The van der Waals surface area contributed by atoms with Crippen LogP contribution in [-0.4, -0.2) is 70.0 Å². The van der Waals surface area contributed by atoms with E-state index < -0.39 is 0 Å². The van der Waals surface area contributed by atoms with Gasteiger partial charge in [0.25, 0.3) is 5.88 Å². The van der Waals surface area contributed by atoms with E-state index in [0.29, 0.717) is 60.8 Å². The molecule has 3 aromatic rings. The Bertz CT molecular complexity index is 1100. The Hall–Kier alpha value is -3.87. The molecular formula is C20H24N8O4S. The van der Waals surface area contributed by atoms with Crippen LogP contribution in [0.4, 0.5) is 22.2 Å². The zero-order chi connectivity index (χ0) is 23.2. The van der Waals surface area contributed by atoms with Crippen molar-refractivity contribution < 1.29 is 19.0 Å². The van der Waals surface area contributed by atoms with Crippen molar-refractivity contribution in [2.75, 3.05) is 56.3 Å². The second-order valence-corrected chi connectivity index (χ2v) is 7.59. The highest BCUT2D eigenvalue weighted by molar-refractivity contribution is 6.99. The van der Waals surface area contributed by atoms with E-state index in [-0.39, 0.29) is 18.6 Å². The topological polar surface area (TPSA) is 141 Å². The molecular weight excluding hydrogens is 448 g/mol. The van der Waals surface area contributed by atoms with Gasteiger partial charge in [0.15, 0.2) is 0 Å². The first kappa shape index (κ1) is 22.3. The summed E-state index contributed by atoms with van der Waals surface area (Å²) in [6.45, 7) is 2.40. The number of hydrogen-bond acceptors (Lipinski definition) is 11. The molecule has 3 N–H and O–H groups in total. The first-order valence-corrected chi connectivity index (χ1v) is 10.9. The SMILES string of the molecule is COc1ccc(OC)c(NC(=O)N2CCN(c3nsnc3OCc3ccnc(N)n3)CC2)c1. The van der Waals surface area contributed by atoms with Crippen LogP contribution in [0.1, 0.15) is 5.69 Å². The molecule has 0 unspecified atom stereocenters. The number of nitrogen functional groups attached to an aromatic ring is 1. The number of urea groups is 1. The number of amides is 2. The Morgan fingerprint density at radius 2 is 1.97 bits per heavy atom. The van der Waals surface area contributed by atoms with Crippen LogP contribution in [0, 0.1) is 0 Å². The number of anilines is 3. The molecule has 13 heteroatoms. The molecule has 0 radical (unpaired) electrons. The fourth-order valence-corrected chi connectivity index (χ4v) is 3.84. The summed E-state index contributed by atoms with van der Waals surface area (Å²) in [6, 6.07) is 6.76. The third-order valence-electron chi connectivity index (χ3n) is 5.05. The summed E-state index contributed by atoms with van der Waals surface area (Å²) in [6.07, 6.45) is 1.58. The van der Waals surface area contributed by atoms with Gasteiger partial charge in [0, 0.05) is 38.4 Å². The minimum atomic E-state index is -0.213. The molecule has 0 aliphatic carbocycles. The molecule has 4 rings (SSSR count). The van der Waals surface area contributed by atoms with Crippen LogP contribution in [0.3, 0.4) is 0 Å². The number of ether oxygens (including phenoxy) is 3. The molecule has 12 nitrogen and oxygen atoms in total. The zero-order valence-electron chi connectivity index (χ0n) is 18.2. The fourth-order valence-electron chi connectivity index (χ4n) is 3.32. The number of aromatic nitrogens is 4. The second kappa shape index (κ2) is 10.2. The Balaban J connectivity index is 1.34. The number of rotatable bonds is 7. The van der Waals surface area contributed by atoms with Crippen molar-refractivity contribution in [2.45, 2.75) is 6.61 Å². The van der Waals surface area contributed by atoms with E-state index in [1.807, 2.05) is 4.90 Å². The van der Waals surface area contributed by atoms with Crippen LogP contribution < -0.4 is 30.2 Å². The largest absolute Gasteiger partial charge is 0.497 e. The third-order valence-corrected chi connectivity index (χ3v) is 5.55. The molecule has 0 spiro atoms. The van der Waals surface area contributed by atoms with Gasteiger partial charge < -0.3 is 35.1 Å². The van der Waals surface area contributed by atoms with E-state index in [2.05, 4.69) is 24.0 Å². The van der Waals surface area contributed by atoms with E-state index in [0.717, 1.165) is 11.7 Å². The van der Waals surface area contributed by atoms with Crippen LogP contribution in [0.25, 0.3) is 0 Å². The highest BCUT2D eigenvalue weighted by Crippen LogP contribution is 2.30. The Kier molecular flexibility index (Phi) is 6.88. The van der Waals surface area contributed by atoms with Gasteiger partial charge in [0.2, 0.25) is 11.8 Å². The van der Waals surface area contributed by atoms with Crippen molar-refractivity contribution in [2.24, 2.45) is 0 Å². The van der Waals surface area contributed by atoms with Gasteiger partial charge in [-0.1, -0.05) is 0 Å². The average molecular weight is 473 g/mol. The van der Waals surface area contributed by atoms with Crippen molar-refractivity contribution in [1.29, 1.82) is 0 Å². The molecule has 0 saturated carbocycles. The lowest BCUT2D eigenvalue weighted by Crippen LogP contribution is -2.50. The monoisotopic (exact) mass is 472 g/mol.